The second-order valence-electron chi connectivity index (χ2n) is 5.02. The first kappa shape index (κ1) is 15.1. The van der Waals surface area contributed by atoms with Crippen molar-refractivity contribution in [2.75, 3.05) is 33.3 Å². The summed E-state index contributed by atoms with van der Waals surface area (Å²) < 4.78 is 5.01. The highest BCUT2D eigenvalue weighted by molar-refractivity contribution is 5.97. The number of carbonyl (C=O) groups is 1. The Morgan fingerprint density at radius 1 is 1.38 bits per heavy atom. The highest BCUT2D eigenvalue weighted by Crippen LogP contribution is 2.25. The standard InChI is InChI=1S/C15H19N3O3/c1-11(10-16)17-5-7-18(8-6-17)15(20)13-4-3-12(21-2)9-14(13)19/h3-4,9,11,19H,5-8H2,1-2H3. The number of rotatable bonds is 3. The van der Waals surface area contributed by atoms with Gasteiger partial charge in [0.05, 0.1) is 24.8 Å². The number of benzene rings is 1. The van der Waals surface area contributed by atoms with Crippen LogP contribution in [0.5, 0.6) is 11.5 Å². The number of phenolic OH excluding ortho intramolecular Hbond substituents is 1. The Kier molecular flexibility index (Phi) is 4.66. The van der Waals surface area contributed by atoms with E-state index in [2.05, 4.69) is 6.07 Å². The molecule has 1 aromatic carbocycles. The number of carbonyl (C=O) groups excluding carboxylic acids is 1. The lowest BCUT2D eigenvalue weighted by atomic mass is 10.1. The van der Waals surface area contributed by atoms with Gasteiger partial charge in [-0.2, -0.15) is 5.26 Å². The number of methoxy groups -OCH3 is 1. The molecule has 1 heterocycles. The van der Waals surface area contributed by atoms with Crippen LogP contribution in [0.2, 0.25) is 0 Å². The molecule has 112 valence electrons. The molecule has 1 atom stereocenters. The Morgan fingerprint density at radius 2 is 2.05 bits per heavy atom. The number of hydrogen-bond acceptors (Lipinski definition) is 5. The Morgan fingerprint density at radius 3 is 2.57 bits per heavy atom. The molecule has 6 nitrogen and oxygen atoms in total. The predicted molar refractivity (Wildman–Crippen MR) is 77.2 cm³/mol. The molecule has 1 amide bonds. The van der Waals surface area contributed by atoms with Gasteiger partial charge < -0.3 is 14.7 Å². The summed E-state index contributed by atoms with van der Waals surface area (Å²) >= 11 is 0. The number of phenols is 1. The second kappa shape index (κ2) is 6.46. The van der Waals surface area contributed by atoms with Crippen molar-refractivity contribution in [1.82, 2.24) is 9.80 Å². The van der Waals surface area contributed by atoms with Crippen LogP contribution in [0.1, 0.15) is 17.3 Å². The zero-order chi connectivity index (χ0) is 15.4. The van der Waals surface area contributed by atoms with E-state index in [1.54, 1.807) is 17.0 Å². The molecule has 1 saturated heterocycles. The highest BCUT2D eigenvalue weighted by Gasteiger charge is 2.26. The minimum atomic E-state index is -0.195. The first-order valence-corrected chi connectivity index (χ1v) is 6.86. The third kappa shape index (κ3) is 3.26. The lowest BCUT2D eigenvalue weighted by molar-refractivity contribution is 0.0613. The first-order chi connectivity index (χ1) is 10.1. The molecule has 1 fully saturated rings. The molecule has 1 unspecified atom stereocenters. The molecular weight excluding hydrogens is 270 g/mol. The summed E-state index contributed by atoms with van der Waals surface area (Å²) in [5.74, 6) is 0.239. The van der Waals surface area contributed by atoms with E-state index in [1.165, 1.54) is 13.2 Å². The van der Waals surface area contributed by atoms with Crippen molar-refractivity contribution in [1.29, 1.82) is 5.26 Å². The lowest BCUT2D eigenvalue weighted by Gasteiger charge is -2.36. The van der Waals surface area contributed by atoms with Gasteiger partial charge >= 0.3 is 0 Å². The maximum atomic E-state index is 12.4. The molecular formula is C15H19N3O3. The fourth-order valence-corrected chi connectivity index (χ4v) is 2.38. The summed E-state index contributed by atoms with van der Waals surface area (Å²) in [7, 11) is 1.51. The molecule has 6 heteroatoms. The topological polar surface area (TPSA) is 76.8 Å². The summed E-state index contributed by atoms with van der Waals surface area (Å²) in [6.45, 7) is 4.29. The van der Waals surface area contributed by atoms with E-state index in [1.807, 2.05) is 11.8 Å². The molecule has 0 radical (unpaired) electrons. The van der Waals surface area contributed by atoms with Gasteiger partial charge in [0.25, 0.3) is 5.91 Å². The predicted octanol–water partition coefficient (Wildman–Crippen LogP) is 1.07. The minimum absolute atomic E-state index is 0.0767. The normalized spacial score (nSPS) is 17.1. The molecule has 0 bridgehead atoms. The summed E-state index contributed by atoms with van der Waals surface area (Å²) in [4.78, 5) is 16.1. The first-order valence-electron chi connectivity index (χ1n) is 6.86. The van der Waals surface area contributed by atoms with Crippen LogP contribution in [0, 0.1) is 11.3 Å². The maximum absolute atomic E-state index is 12.4. The van der Waals surface area contributed by atoms with Gasteiger partial charge in [0, 0.05) is 32.2 Å². The average Bonchev–Trinajstić information content (AvgIpc) is 2.53. The second-order valence-corrected chi connectivity index (χ2v) is 5.02. The van der Waals surface area contributed by atoms with Crippen LogP contribution in [0.4, 0.5) is 0 Å². The smallest absolute Gasteiger partial charge is 0.257 e. The Hall–Kier alpha value is -2.26. The van der Waals surface area contributed by atoms with Crippen LogP contribution in [0.25, 0.3) is 0 Å². The maximum Gasteiger partial charge on any atom is 0.257 e. The van der Waals surface area contributed by atoms with Gasteiger partial charge in [-0.25, -0.2) is 0 Å². The van der Waals surface area contributed by atoms with Crippen molar-refractivity contribution in [3.8, 4) is 17.6 Å². The summed E-state index contributed by atoms with van der Waals surface area (Å²) in [6.07, 6.45) is 0. The number of ether oxygens (including phenoxy) is 1. The van der Waals surface area contributed by atoms with Crippen molar-refractivity contribution in [2.24, 2.45) is 0 Å². The monoisotopic (exact) mass is 289 g/mol. The van der Waals surface area contributed by atoms with E-state index in [9.17, 15) is 9.90 Å². The molecule has 0 aliphatic carbocycles. The lowest BCUT2D eigenvalue weighted by Crippen LogP contribution is -2.51. The van der Waals surface area contributed by atoms with Gasteiger partial charge in [0.1, 0.15) is 11.5 Å². The number of nitriles is 1. The van der Waals surface area contributed by atoms with Crippen LogP contribution >= 0.6 is 0 Å². The van der Waals surface area contributed by atoms with Gasteiger partial charge in [0.2, 0.25) is 0 Å². The van der Waals surface area contributed by atoms with Crippen LogP contribution in [0.15, 0.2) is 18.2 Å². The third-order valence-corrected chi connectivity index (χ3v) is 3.77. The number of nitrogens with zero attached hydrogens (tertiary/aromatic N) is 3. The fraction of sp³-hybridized carbons (Fsp3) is 0.467. The zero-order valence-corrected chi connectivity index (χ0v) is 12.2. The number of amides is 1. The van der Waals surface area contributed by atoms with Crippen LogP contribution < -0.4 is 4.74 Å². The highest BCUT2D eigenvalue weighted by atomic mass is 16.5. The van der Waals surface area contributed by atoms with Crippen LogP contribution in [-0.2, 0) is 0 Å². The molecule has 1 aliphatic rings. The molecule has 1 aromatic rings. The van der Waals surface area contributed by atoms with Gasteiger partial charge in [-0.1, -0.05) is 0 Å². The van der Waals surface area contributed by atoms with Crippen molar-refractivity contribution in [3.63, 3.8) is 0 Å². The van der Waals surface area contributed by atoms with E-state index >= 15 is 0 Å². The Bertz CT molecular complexity index is 560. The van der Waals surface area contributed by atoms with Gasteiger partial charge in [0.15, 0.2) is 0 Å². The van der Waals surface area contributed by atoms with E-state index in [4.69, 9.17) is 10.00 Å². The molecule has 0 aromatic heterocycles. The molecule has 0 spiro atoms. The van der Waals surface area contributed by atoms with Gasteiger partial charge in [-0.3, -0.25) is 9.69 Å². The minimum Gasteiger partial charge on any atom is -0.507 e. The SMILES string of the molecule is COc1ccc(C(=O)N2CCN(C(C)C#N)CC2)c(O)c1. The fourth-order valence-electron chi connectivity index (χ4n) is 2.38. The van der Waals surface area contributed by atoms with Crippen molar-refractivity contribution in [2.45, 2.75) is 13.0 Å². The Balaban J connectivity index is 2.04. The summed E-state index contributed by atoms with van der Waals surface area (Å²) in [5.41, 5.74) is 0.276. The van der Waals surface area contributed by atoms with Crippen LogP contribution in [0.3, 0.4) is 0 Å². The molecule has 0 saturated carbocycles. The van der Waals surface area contributed by atoms with E-state index in [0.717, 1.165) is 0 Å². The van der Waals surface area contributed by atoms with Crippen LogP contribution in [-0.4, -0.2) is 60.1 Å². The molecule has 21 heavy (non-hydrogen) atoms. The molecule has 1 aliphatic heterocycles. The Labute approximate surface area is 124 Å². The van der Waals surface area contributed by atoms with Gasteiger partial charge in [-0.15, -0.1) is 0 Å². The van der Waals surface area contributed by atoms with Crippen molar-refractivity contribution < 1.29 is 14.6 Å². The van der Waals surface area contributed by atoms with Gasteiger partial charge in [-0.05, 0) is 19.1 Å². The summed E-state index contributed by atoms with van der Waals surface area (Å²) in [6, 6.07) is 6.71. The summed E-state index contributed by atoms with van der Waals surface area (Å²) in [5, 5.41) is 18.8. The number of hydrogen-bond donors (Lipinski definition) is 1. The quantitative estimate of drug-likeness (QED) is 0.900. The molecule has 2 rings (SSSR count). The average molecular weight is 289 g/mol. The van der Waals surface area contributed by atoms with Crippen molar-refractivity contribution in [3.05, 3.63) is 23.8 Å². The van der Waals surface area contributed by atoms with E-state index < -0.39 is 0 Å². The third-order valence-electron chi connectivity index (χ3n) is 3.77. The van der Waals surface area contributed by atoms with E-state index in [-0.39, 0.29) is 23.3 Å². The largest absolute Gasteiger partial charge is 0.507 e. The number of aromatic hydroxyl groups is 1. The van der Waals surface area contributed by atoms with E-state index in [0.29, 0.717) is 31.9 Å². The molecule has 1 N–H and O–H groups in total. The zero-order valence-electron chi connectivity index (χ0n) is 12.2. The van der Waals surface area contributed by atoms with Crippen molar-refractivity contribution >= 4 is 5.91 Å². The number of piperazine rings is 1.